The van der Waals surface area contributed by atoms with Crippen molar-refractivity contribution in [1.82, 2.24) is 0 Å². The number of quaternary nitrogens is 1. The van der Waals surface area contributed by atoms with Gasteiger partial charge in [-0.2, -0.15) is 0 Å². The number of ether oxygens (including phenoxy) is 2. The number of hydrogen-bond acceptors (Lipinski definition) is 8. The molecule has 0 bridgehead atoms. The zero-order chi connectivity index (χ0) is 59.1. The molecule has 0 rings (SSSR count). The number of phosphoric acid groups is 1. The summed E-state index contributed by atoms with van der Waals surface area (Å²) in [5, 5.41) is 0. The number of phosphoric ester groups is 1. The minimum absolute atomic E-state index is 0.0421. The first kappa shape index (κ1) is 76.9. The SMILES string of the molecule is CC/C=C\C/C=C\C/C=C\C/C=C\C/C=C\C/C=C\C/C=C\C/C=C\C/C=C\C/C=C\C/C=C\C/C=C\CCCCCCC(=O)OC(COC(=O)CCCCCCCCCCCCCCCCCC)COP(=O)([O-])OCC[N+](C)(C)C. The molecule has 0 aromatic carbocycles. The number of hydrogen-bond donors (Lipinski definition) is 0. The Balaban J connectivity index is 4.18. The average molecular weight is 1140 g/mol. The first-order valence-corrected chi connectivity index (χ1v) is 33.5. The summed E-state index contributed by atoms with van der Waals surface area (Å²) in [5.74, 6) is -0.867. The fourth-order valence-electron chi connectivity index (χ4n) is 8.23. The van der Waals surface area contributed by atoms with Crippen LogP contribution in [0.4, 0.5) is 0 Å². The Labute approximate surface area is 497 Å². The molecule has 0 radical (unpaired) electrons. The highest BCUT2D eigenvalue weighted by atomic mass is 31.2. The van der Waals surface area contributed by atoms with E-state index in [1.807, 2.05) is 21.1 Å². The molecule has 0 heterocycles. The smallest absolute Gasteiger partial charge is 0.306 e. The monoisotopic (exact) mass is 1140 g/mol. The van der Waals surface area contributed by atoms with E-state index in [1.165, 1.54) is 83.5 Å². The van der Waals surface area contributed by atoms with Crippen LogP contribution in [0.1, 0.15) is 239 Å². The number of carbonyl (C=O) groups excluding carboxylic acids is 2. The standard InChI is InChI=1S/C71H118NO8P/c1-6-8-10-12-14-16-18-20-22-24-25-26-27-28-29-30-31-32-33-34-35-36-37-38-39-40-41-42-43-44-45-46-47-48-50-52-54-56-58-60-62-64-71(74)80-69(68-79-81(75,76)78-66-65-72(3,4)5)67-77-70(73)63-61-59-57-55-53-51-49-23-21-19-17-15-13-11-9-7-2/h8,10,14,16,20,22,25-26,28-29,31-32,34-35,37-38,40-41,43-44,46-47,50,52,69H,6-7,9,11-13,15,17-19,21,23-24,27,30,33,36,39,42,45,48-49,51,53-68H2,1-5H3/b10-8-,16-14-,22-20-,26-25-,29-28-,32-31-,35-34-,38-37-,41-40-,44-43-,47-46-,52-50-. The van der Waals surface area contributed by atoms with Gasteiger partial charge in [0.15, 0.2) is 6.10 Å². The van der Waals surface area contributed by atoms with E-state index in [-0.39, 0.29) is 26.1 Å². The fraction of sp³-hybridized carbons (Fsp3) is 0.634. The number of rotatable bonds is 57. The van der Waals surface area contributed by atoms with Crippen LogP contribution in [-0.4, -0.2) is 70.0 Å². The lowest BCUT2D eigenvalue weighted by molar-refractivity contribution is -0.870. The van der Waals surface area contributed by atoms with Gasteiger partial charge in [0.25, 0.3) is 7.82 Å². The molecule has 460 valence electrons. The Hall–Kier alpha value is -4.11. The van der Waals surface area contributed by atoms with Crippen molar-refractivity contribution in [3.8, 4) is 0 Å². The molecule has 0 saturated carbocycles. The molecule has 0 fully saturated rings. The third kappa shape index (κ3) is 64.9. The first-order chi connectivity index (χ1) is 39.5. The van der Waals surface area contributed by atoms with Gasteiger partial charge in [-0.25, -0.2) is 0 Å². The van der Waals surface area contributed by atoms with Crippen molar-refractivity contribution in [1.29, 1.82) is 0 Å². The van der Waals surface area contributed by atoms with Gasteiger partial charge in [-0.05, 0) is 103 Å². The molecule has 0 amide bonds. The van der Waals surface area contributed by atoms with Crippen molar-refractivity contribution >= 4 is 19.8 Å². The van der Waals surface area contributed by atoms with E-state index in [9.17, 15) is 19.0 Å². The van der Waals surface area contributed by atoms with Crippen molar-refractivity contribution in [3.63, 3.8) is 0 Å². The highest BCUT2D eigenvalue weighted by Gasteiger charge is 2.22. The van der Waals surface area contributed by atoms with Crippen molar-refractivity contribution in [2.75, 3.05) is 47.5 Å². The van der Waals surface area contributed by atoms with Crippen LogP contribution in [0.25, 0.3) is 0 Å². The Morgan fingerprint density at radius 1 is 0.395 bits per heavy atom. The molecule has 2 unspecified atom stereocenters. The minimum atomic E-state index is -4.65. The van der Waals surface area contributed by atoms with Gasteiger partial charge in [0, 0.05) is 12.8 Å². The van der Waals surface area contributed by atoms with Crippen molar-refractivity contribution in [3.05, 3.63) is 146 Å². The molecule has 0 saturated heterocycles. The minimum Gasteiger partial charge on any atom is -0.756 e. The van der Waals surface area contributed by atoms with Crippen LogP contribution >= 0.6 is 7.82 Å². The average Bonchev–Trinajstić information content (AvgIpc) is 3.43. The van der Waals surface area contributed by atoms with Gasteiger partial charge < -0.3 is 27.9 Å². The zero-order valence-electron chi connectivity index (χ0n) is 52.2. The second-order valence-electron chi connectivity index (χ2n) is 22.0. The van der Waals surface area contributed by atoms with E-state index in [2.05, 4.69) is 160 Å². The summed E-state index contributed by atoms with van der Waals surface area (Å²) in [6.07, 6.45) is 89.1. The third-order valence-electron chi connectivity index (χ3n) is 13.1. The predicted molar refractivity (Wildman–Crippen MR) is 346 cm³/mol. The Kier molecular flexibility index (Phi) is 57.4. The molecule has 10 heteroatoms. The summed E-state index contributed by atoms with van der Waals surface area (Å²) in [4.78, 5) is 37.9. The van der Waals surface area contributed by atoms with E-state index >= 15 is 0 Å². The molecule has 2 atom stereocenters. The molecule has 0 N–H and O–H groups in total. The van der Waals surface area contributed by atoms with Crippen LogP contribution in [0.2, 0.25) is 0 Å². The second kappa shape index (κ2) is 60.5. The van der Waals surface area contributed by atoms with Gasteiger partial charge in [0.05, 0.1) is 27.7 Å². The van der Waals surface area contributed by atoms with Crippen LogP contribution in [-0.2, 0) is 32.7 Å². The maximum absolute atomic E-state index is 12.8. The van der Waals surface area contributed by atoms with Crippen molar-refractivity contribution < 1.29 is 42.1 Å². The molecule has 0 aromatic heterocycles. The van der Waals surface area contributed by atoms with Crippen molar-refractivity contribution in [2.24, 2.45) is 0 Å². The van der Waals surface area contributed by atoms with Gasteiger partial charge in [-0.15, -0.1) is 0 Å². The molecule has 0 aliphatic rings. The third-order valence-corrected chi connectivity index (χ3v) is 14.1. The summed E-state index contributed by atoms with van der Waals surface area (Å²) in [7, 11) is 1.13. The normalized spacial score (nSPS) is 14.2. The predicted octanol–water partition coefficient (Wildman–Crippen LogP) is 20.0. The lowest BCUT2D eigenvalue weighted by Crippen LogP contribution is -2.37. The van der Waals surface area contributed by atoms with E-state index in [1.54, 1.807) is 0 Å². The Morgan fingerprint density at radius 2 is 0.704 bits per heavy atom. The zero-order valence-corrected chi connectivity index (χ0v) is 53.1. The van der Waals surface area contributed by atoms with E-state index < -0.39 is 32.5 Å². The molecule has 9 nitrogen and oxygen atoms in total. The number of unbranched alkanes of at least 4 members (excludes halogenated alkanes) is 19. The molecule has 0 spiro atoms. The van der Waals surface area contributed by atoms with E-state index in [0.29, 0.717) is 17.4 Å². The fourth-order valence-corrected chi connectivity index (χ4v) is 8.95. The summed E-state index contributed by atoms with van der Waals surface area (Å²) in [6, 6.07) is 0. The molecular formula is C71H118NO8P. The summed E-state index contributed by atoms with van der Waals surface area (Å²) < 4.78 is 34.1. The van der Waals surface area contributed by atoms with E-state index in [4.69, 9.17) is 18.5 Å². The molecule has 0 aromatic rings. The Morgan fingerprint density at radius 3 is 1.05 bits per heavy atom. The number of allylic oxidation sites excluding steroid dienone is 24. The lowest BCUT2D eigenvalue weighted by atomic mass is 10.0. The quantitative estimate of drug-likeness (QED) is 0.0195. The summed E-state index contributed by atoms with van der Waals surface area (Å²) >= 11 is 0. The van der Waals surface area contributed by atoms with Crippen LogP contribution in [0, 0.1) is 0 Å². The highest BCUT2D eigenvalue weighted by Crippen LogP contribution is 2.38. The summed E-state index contributed by atoms with van der Waals surface area (Å²) in [6.45, 7) is 4.09. The van der Waals surface area contributed by atoms with Crippen molar-refractivity contribution in [2.45, 2.75) is 245 Å². The van der Waals surface area contributed by atoms with E-state index in [0.717, 1.165) is 122 Å². The highest BCUT2D eigenvalue weighted by molar-refractivity contribution is 7.45. The van der Waals surface area contributed by atoms with Gasteiger partial charge in [-0.1, -0.05) is 269 Å². The van der Waals surface area contributed by atoms with Crippen LogP contribution in [0.5, 0.6) is 0 Å². The summed E-state index contributed by atoms with van der Waals surface area (Å²) in [5.41, 5.74) is 0. The van der Waals surface area contributed by atoms with Gasteiger partial charge in [-0.3, -0.25) is 14.2 Å². The lowest BCUT2D eigenvalue weighted by Gasteiger charge is -2.28. The van der Waals surface area contributed by atoms with Crippen LogP contribution < -0.4 is 4.89 Å². The maximum atomic E-state index is 12.8. The second-order valence-corrected chi connectivity index (χ2v) is 23.5. The molecule has 0 aliphatic carbocycles. The van der Waals surface area contributed by atoms with Gasteiger partial charge >= 0.3 is 11.9 Å². The number of esters is 2. The van der Waals surface area contributed by atoms with Crippen LogP contribution in [0.3, 0.4) is 0 Å². The Bertz CT molecular complexity index is 1880. The topological polar surface area (TPSA) is 111 Å². The number of nitrogens with zero attached hydrogens (tertiary/aromatic N) is 1. The molecular weight excluding hydrogens is 1030 g/mol. The van der Waals surface area contributed by atoms with Crippen LogP contribution in [0.15, 0.2) is 146 Å². The number of carbonyl (C=O) groups is 2. The van der Waals surface area contributed by atoms with Gasteiger partial charge in [0.1, 0.15) is 19.8 Å². The van der Waals surface area contributed by atoms with Gasteiger partial charge in [0.2, 0.25) is 0 Å². The number of likely N-dealkylation sites (N-methyl/N-ethyl adjacent to an activating group) is 1. The molecule has 81 heavy (non-hydrogen) atoms. The largest absolute Gasteiger partial charge is 0.756 e. The molecule has 0 aliphatic heterocycles. The first-order valence-electron chi connectivity index (χ1n) is 32.0. The maximum Gasteiger partial charge on any atom is 0.306 e.